The number of benzene rings is 2. The normalized spacial score (nSPS) is 10.6. The van der Waals surface area contributed by atoms with E-state index in [0.29, 0.717) is 16.9 Å². The number of nitrogens with one attached hydrogen (secondary N) is 1. The van der Waals surface area contributed by atoms with Crippen molar-refractivity contribution in [1.82, 2.24) is 4.98 Å². The highest BCUT2D eigenvalue weighted by atomic mass is 16.4. The van der Waals surface area contributed by atoms with Gasteiger partial charge >= 0.3 is 5.97 Å². The van der Waals surface area contributed by atoms with Crippen molar-refractivity contribution in [2.75, 3.05) is 5.32 Å². The summed E-state index contributed by atoms with van der Waals surface area (Å²) >= 11 is 0. The minimum absolute atomic E-state index is 0.304. The van der Waals surface area contributed by atoms with E-state index >= 15 is 0 Å². The molecule has 0 aliphatic heterocycles. The first kappa shape index (κ1) is 17.1. The highest BCUT2D eigenvalue weighted by Gasteiger charge is 2.09. The van der Waals surface area contributed by atoms with E-state index in [1.165, 1.54) is 6.08 Å². The molecular formula is C21H16N2O3. The Kier molecular flexibility index (Phi) is 5.19. The third kappa shape index (κ3) is 4.42. The molecule has 1 heterocycles. The lowest BCUT2D eigenvalue weighted by Gasteiger charge is -2.07. The predicted octanol–water partition coefficient (Wildman–Crippen LogP) is 4.10. The second kappa shape index (κ2) is 7.90. The fourth-order valence-electron chi connectivity index (χ4n) is 2.41. The molecule has 5 nitrogen and oxygen atoms in total. The fraction of sp³-hybridized carbons (Fsp3) is 0. The number of aromatic nitrogens is 1. The first-order valence-corrected chi connectivity index (χ1v) is 7.97. The van der Waals surface area contributed by atoms with Crippen molar-refractivity contribution in [1.29, 1.82) is 0 Å². The van der Waals surface area contributed by atoms with Crippen LogP contribution in [0, 0.1) is 0 Å². The van der Waals surface area contributed by atoms with Crippen LogP contribution in [0.15, 0.2) is 78.9 Å². The summed E-state index contributed by atoms with van der Waals surface area (Å²) in [4.78, 5) is 27.5. The lowest BCUT2D eigenvalue weighted by molar-refractivity contribution is -0.131. The third-order valence-electron chi connectivity index (χ3n) is 3.61. The fourth-order valence-corrected chi connectivity index (χ4v) is 2.41. The molecule has 0 atom stereocenters. The van der Waals surface area contributed by atoms with Crippen molar-refractivity contribution in [2.45, 2.75) is 0 Å². The highest BCUT2D eigenvalue weighted by Crippen LogP contribution is 2.18. The van der Waals surface area contributed by atoms with E-state index in [-0.39, 0.29) is 5.91 Å². The van der Waals surface area contributed by atoms with Gasteiger partial charge in [-0.3, -0.25) is 4.79 Å². The summed E-state index contributed by atoms with van der Waals surface area (Å²) < 4.78 is 0. The molecule has 0 bridgehead atoms. The zero-order valence-electron chi connectivity index (χ0n) is 13.8. The van der Waals surface area contributed by atoms with Gasteiger partial charge in [-0.15, -0.1) is 0 Å². The van der Waals surface area contributed by atoms with Crippen molar-refractivity contribution in [3.05, 3.63) is 90.1 Å². The van der Waals surface area contributed by atoms with Crippen LogP contribution >= 0.6 is 0 Å². The van der Waals surface area contributed by atoms with Gasteiger partial charge in [-0.05, 0) is 35.9 Å². The van der Waals surface area contributed by atoms with Gasteiger partial charge < -0.3 is 10.4 Å². The number of hydrogen-bond donors (Lipinski definition) is 2. The minimum atomic E-state index is -1.03. The van der Waals surface area contributed by atoms with Crippen LogP contribution in [0.4, 0.5) is 5.69 Å². The number of amides is 1. The van der Waals surface area contributed by atoms with Gasteiger partial charge in [0.1, 0.15) is 5.69 Å². The van der Waals surface area contributed by atoms with Gasteiger partial charge in [0.25, 0.3) is 5.91 Å². The van der Waals surface area contributed by atoms with E-state index in [2.05, 4.69) is 10.3 Å². The maximum atomic E-state index is 12.5. The molecule has 0 saturated heterocycles. The van der Waals surface area contributed by atoms with Crippen molar-refractivity contribution in [2.24, 2.45) is 0 Å². The first-order valence-electron chi connectivity index (χ1n) is 7.97. The molecule has 128 valence electrons. The number of pyridine rings is 1. The molecule has 0 spiro atoms. The van der Waals surface area contributed by atoms with E-state index in [4.69, 9.17) is 5.11 Å². The molecule has 1 aromatic heterocycles. The summed E-state index contributed by atoms with van der Waals surface area (Å²) in [5.41, 5.74) is 3.20. The van der Waals surface area contributed by atoms with Crippen LogP contribution in [0.3, 0.4) is 0 Å². The monoisotopic (exact) mass is 344 g/mol. The summed E-state index contributed by atoms with van der Waals surface area (Å²) in [6.07, 6.45) is 2.51. The summed E-state index contributed by atoms with van der Waals surface area (Å²) in [5, 5.41) is 11.5. The van der Waals surface area contributed by atoms with Gasteiger partial charge in [-0.25, -0.2) is 9.78 Å². The molecule has 0 unspecified atom stereocenters. The number of carbonyl (C=O) groups is 2. The summed E-state index contributed by atoms with van der Waals surface area (Å²) in [7, 11) is 0. The standard InChI is InChI=1S/C21H16N2O3/c24-20(25)13-12-15-6-4-9-17(14-15)22-21(26)19-11-5-10-18(23-19)16-7-2-1-3-8-16/h1-14H,(H,22,26)(H,24,25)/b13-12+. The maximum absolute atomic E-state index is 12.5. The van der Waals surface area contributed by atoms with Gasteiger partial charge in [-0.1, -0.05) is 48.5 Å². The van der Waals surface area contributed by atoms with E-state index in [9.17, 15) is 9.59 Å². The minimum Gasteiger partial charge on any atom is -0.478 e. The number of rotatable bonds is 5. The quantitative estimate of drug-likeness (QED) is 0.683. The molecule has 1 amide bonds. The van der Waals surface area contributed by atoms with Crippen molar-refractivity contribution in [3.8, 4) is 11.3 Å². The van der Waals surface area contributed by atoms with Gasteiger partial charge in [0, 0.05) is 17.3 Å². The zero-order valence-corrected chi connectivity index (χ0v) is 13.8. The average molecular weight is 344 g/mol. The number of carboxylic acids is 1. The van der Waals surface area contributed by atoms with Crippen LogP contribution in [-0.4, -0.2) is 22.0 Å². The van der Waals surface area contributed by atoms with Gasteiger partial charge in [0.15, 0.2) is 0 Å². The number of anilines is 1. The molecule has 0 aliphatic rings. The molecule has 26 heavy (non-hydrogen) atoms. The number of carboxylic acid groups (broad SMARTS) is 1. The molecule has 2 aromatic carbocycles. The Balaban J connectivity index is 1.79. The SMILES string of the molecule is O=C(O)/C=C/c1cccc(NC(=O)c2cccc(-c3ccccc3)n2)c1. The zero-order chi connectivity index (χ0) is 18.4. The molecule has 0 aliphatic carbocycles. The Morgan fingerprint density at radius 2 is 1.69 bits per heavy atom. The van der Waals surface area contributed by atoms with E-state index in [1.54, 1.807) is 36.4 Å². The lowest BCUT2D eigenvalue weighted by Crippen LogP contribution is -2.13. The molecule has 0 saturated carbocycles. The van der Waals surface area contributed by atoms with Crippen LogP contribution in [0.1, 0.15) is 16.1 Å². The van der Waals surface area contributed by atoms with Gasteiger partial charge in [0.05, 0.1) is 5.69 Å². The second-order valence-corrected chi connectivity index (χ2v) is 5.53. The molecule has 3 rings (SSSR count). The molecule has 3 aromatic rings. The van der Waals surface area contributed by atoms with E-state index in [0.717, 1.165) is 17.3 Å². The number of nitrogens with zero attached hydrogens (tertiary/aromatic N) is 1. The number of aliphatic carboxylic acids is 1. The number of carbonyl (C=O) groups excluding carboxylic acids is 1. The largest absolute Gasteiger partial charge is 0.478 e. The Morgan fingerprint density at radius 3 is 2.46 bits per heavy atom. The second-order valence-electron chi connectivity index (χ2n) is 5.53. The van der Waals surface area contributed by atoms with E-state index < -0.39 is 5.97 Å². The summed E-state index contributed by atoms with van der Waals surface area (Å²) in [6.45, 7) is 0. The molecule has 2 N–H and O–H groups in total. The Bertz CT molecular complexity index is 966. The van der Waals surface area contributed by atoms with E-state index in [1.807, 2.05) is 36.4 Å². The predicted molar refractivity (Wildman–Crippen MR) is 101 cm³/mol. The average Bonchev–Trinajstić information content (AvgIpc) is 2.67. The highest BCUT2D eigenvalue weighted by molar-refractivity contribution is 6.03. The van der Waals surface area contributed by atoms with Crippen molar-refractivity contribution < 1.29 is 14.7 Å². The molecular weight excluding hydrogens is 328 g/mol. The topological polar surface area (TPSA) is 79.3 Å². The van der Waals surface area contributed by atoms with Crippen LogP contribution in [0.2, 0.25) is 0 Å². The van der Waals surface area contributed by atoms with Crippen molar-refractivity contribution >= 4 is 23.6 Å². The summed E-state index contributed by atoms with van der Waals surface area (Å²) in [6, 6.07) is 21.8. The Hall–Kier alpha value is -3.73. The number of hydrogen-bond acceptors (Lipinski definition) is 3. The van der Waals surface area contributed by atoms with Crippen LogP contribution in [0.25, 0.3) is 17.3 Å². The smallest absolute Gasteiger partial charge is 0.328 e. The van der Waals surface area contributed by atoms with Crippen LogP contribution in [-0.2, 0) is 4.79 Å². The van der Waals surface area contributed by atoms with Gasteiger partial charge in [0.2, 0.25) is 0 Å². The summed E-state index contributed by atoms with van der Waals surface area (Å²) in [5.74, 6) is -1.36. The molecule has 0 radical (unpaired) electrons. The lowest BCUT2D eigenvalue weighted by atomic mass is 10.1. The van der Waals surface area contributed by atoms with Crippen molar-refractivity contribution in [3.63, 3.8) is 0 Å². The first-order chi connectivity index (χ1) is 12.6. The Labute approximate surface area is 150 Å². The van der Waals surface area contributed by atoms with Crippen LogP contribution in [0.5, 0.6) is 0 Å². The van der Waals surface area contributed by atoms with Gasteiger partial charge in [-0.2, -0.15) is 0 Å². The van der Waals surface area contributed by atoms with Crippen LogP contribution < -0.4 is 5.32 Å². The molecule has 0 fully saturated rings. The third-order valence-corrected chi connectivity index (χ3v) is 3.61. The molecule has 5 heteroatoms. The maximum Gasteiger partial charge on any atom is 0.328 e. The Morgan fingerprint density at radius 1 is 0.923 bits per heavy atom.